The van der Waals surface area contributed by atoms with Crippen LogP contribution in [0, 0.1) is 0 Å². The second-order valence-corrected chi connectivity index (χ2v) is 4.54. The molecule has 3 rings (SSSR count). The molecule has 1 aromatic carbocycles. The van der Waals surface area contributed by atoms with Gasteiger partial charge >= 0.3 is 0 Å². The van der Waals surface area contributed by atoms with E-state index in [9.17, 15) is 4.79 Å². The van der Waals surface area contributed by atoms with Gasteiger partial charge in [0.1, 0.15) is 11.8 Å². The molecule has 4 heteroatoms. The van der Waals surface area contributed by atoms with Crippen LogP contribution in [0.5, 0.6) is 0 Å². The number of aryl methyl sites for hydroxylation is 1. The van der Waals surface area contributed by atoms with E-state index >= 15 is 0 Å². The minimum atomic E-state index is -0.125. The first kappa shape index (κ1) is 11.4. The van der Waals surface area contributed by atoms with Gasteiger partial charge in [0.15, 0.2) is 0 Å². The normalized spacial score (nSPS) is 19.5. The van der Waals surface area contributed by atoms with Gasteiger partial charge in [-0.15, -0.1) is 0 Å². The lowest BCUT2D eigenvalue weighted by molar-refractivity contribution is 0.107. The van der Waals surface area contributed by atoms with E-state index < -0.39 is 0 Å². The molecular formula is C14H16N2O2. The number of benzene rings is 1. The zero-order chi connectivity index (χ0) is 12.5. The molecule has 0 bridgehead atoms. The first-order valence-electron chi connectivity index (χ1n) is 6.42. The predicted octanol–water partition coefficient (Wildman–Crippen LogP) is 2.27. The van der Waals surface area contributed by atoms with Gasteiger partial charge in [-0.05, 0) is 31.9 Å². The molecule has 94 valence electrons. The number of hydrogen-bond donors (Lipinski definition) is 0. The summed E-state index contributed by atoms with van der Waals surface area (Å²) >= 11 is 0. The zero-order valence-corrected chi connectivity index (χ0v) is 10.4. The lowest BCUT2D eigenvalue weighted by Crippen LogP contribution is -2.27. The highest BCUT2D eigenvalue weighted by atomic mass is 16.5. The molecule has 18 heavy (non-hydrogen) atoms. The van der Waals surface area contributed by atoms with E-state index in [1.54, 1.807) is 4.57 Å². The minimum absolute atomic E-state index is 0.0110. The predicted molar refractivity (Wildman–Crippen MR) is 69.6 cm³/mol. The van der Waals surface area contributed by atoms with E-state index in [1.807, 2.05) is 31.2 Å². The molecule has 0 saturated carbocycles. The molecule has 4 nitrogen and oxygen atoms in total. The van der Waals surface area contributed by atoms with Gasteiger partial charge in [0, 0.05) is 13.2 Å². The van der Waals surface area contributed by atoms with Crippen molar-refractivity contribution in [2.75, 3.05) is 6.61 Å². The van der Waals surface area contributed by atoms with E-state index in [1.165, 1.54) is 0 Å². The molecule has 0 spiro atoms. The molecular weight excluding hydrogens is 228 g/mol. The van der Waals surface area contributed by atoms with E-state index in [0.717, 1.165) is 30.5 Å². The summed E-state index contributed by atoms with van der Waals surface area (Å²) < 4.78 is 7.37. The van der Waals surface area contributed by atoms with Crippen molar-refractivity contribution in [1.29, 1.82) is 0 Å². The Morgan fingerprint density at radius 3 is 3.00 bits per heavy atom. The number of ether oxygens (including phenoxy) is 1. The van der Waals surface area contributed by atoms with E-state index in [0.29, 0.717) is 12.2 Å². The first-order valence-corrected chi connectivity index (χ1v) is 6.42. The van der Waals surface area contributed by atoms with Crippen molar-refractivity contribution in [2.24, 2.45) is 0 Å². The Bertz CT molecular complexity index is 627. The van der Waals surface area contributed by atoms with Gasteiger partial charge in [-0.25, -0.2) is 4.98 Å². The topological polar surface area (TPSA) is 44.1 Å². The smallest absolute Gasteiger partial charge is 0.275 e. The summed E-state index contributed by atoms with van der Waals surface area (Å²) in [6.07, 6.45) is 1.77. The molecule has 1 saturated heterocycles. The summed E-state index contributed by atoms with van der Waals surface area (Å²) in [7, 11) is 0. The molecule has 0 radical (unpaired) electrons. The Morgan fingerprint density at radius 2 is 2.28 bits per heavy atom. The number of nitrogens with zero attached hydrogens (tertiary/aromatic N) is 2. The number of fused-ring (bicyclic) bond motifs is 1. The highest BCUT2D eigenvalue weighted by molar-refractivity contribution is 5.74. The average molecular weight is 244 g/mol. The second kappa shape index (κ2) is 4.53. The third kappa shape index (κ3) is 1.73. The van der Waals surface area contributed by atoms with Crippen molar-refractivity contribution in [2.45, 2.75) is 32.4 Å². The number of rotatable bonds is 2. The maximum atomic E-state index is 12.4. The summed E-state index contributed by atoms with van der Waals surface area (Å²) in [4.78, 5) is 16.9. The van der Waals surface area contributed by atoms with Crippen LogP contribution in [0.15, 0.2) is 29.1 Å². The number of aromatic nitrogens is 2. The van der Waals surface area contributed by atoms with Crippen LogP contribution in [0.4, 0.5) is 0 Å². The van der Waals surface area contributed by atoms with Gasteiger partial charge in [0.2, 0.25) is 0 Å². The third-order valence-corrected chi connectivity index (χ3v) is 3.43. The second-order valence-electron chi connectivity index (χ2n) is 4.54. The van der Waals surface area contributed by atoms with Gasteiger partial charge in [-0.3, -0.25) is 4.79 Å². The molecule has 0 aliphatic carbocycles. The van der Waals surface area contributed by atoms with Crippen LogP contribution >= 0.6 is 0 Å². The summed E-state index contributed by atoms with van der Waals surface area (Å²) in [6.45, 7) is 3.36. The maximum Gasteiger partial charge on any atom is 0.275 e. The van der Waals surface area contributed by atoms with Crippen molar-refractivity contribution in [1.82, 2.24) is 9.55 Å². The lowest BCUT2D eigenvalue weighted by Gasteiger charge is -2.13. The molecule has 1 fully saturated rings. The average Bonchev–Trinajstić information content (AvgIpc) is 2.92. The Kier molecular flexibility index (Phi) is 2.88. The molecule has 2 aromatic rings. The fourth-order valence-corrected chi connectivity index (χ4v) is 2.53. The summed E-state index contributed by atoms with van der Waals surface area (Å²) in [5.74, 6) is 0. The van der Waals surface area contributed by atoms with Crippen molar-refractivity contribution >= 4 is 11.0 Å². The first-order chi connectivity index (χ1) is 8.81. The van der Waals surface area contributed by atoms with Crippen LogP contribution < -0.4 is 5.56 Å². The molecule has 1 unspecified atom stereocenters. The molecule has 1 aliphatic rings. The van der Waals surface area contributed by atoms with Gasteiger partial charge in [-0.2, -0.15) is 0 Å². The highest BCUT2D eigenvalue weighted by Crippen LogP contribution is 2.26. The highest BCUT2D eigenvalue weighted by Gasteiger charge is 2.23. The Labute approximate surface area is 105 Å². The maximum absolute atomic E-state index is 12.4. The summed E-state index contributed by atoms with van der Waals surface area (Å²) in [6, 6.07) is 7.76. The van der Waals surface area contributed by atoms with Crippen LogP contribution in [0.1, 0.15) is 31.6 Å². The van der Waals surface area contributed by atoms with Crippen molar-refractivity contribution in [3.05, 3.63) is 40.3 Å². The van der Waals surface area contributed by atoms with Crippen LogP contribution in [0.2, 0.25) is 0 Å². The molecule has 0 amide bonds. The Hall–Kier alpha value is -1.68. The fourth-order valence-electron chi connectivity index (χ4n) is 2.53. The molecule has 0 N–H and O–H groups in total. The summed E-state index contributed by atoms with van der Waals surface area (Å²) in [5.41, 5.74) is 2.31. The van der Waals surface area contributed by atoms with Crippen LogP contribution in [0.25, 0.3) is 11.0 Å². The van der Waals surface area contributed by atoms with Gasteiger partial charge in [-0.1, -0.05) is 12.1 Å². The van der Waals surface area contributed by atoms with Crippen molar-refractivity contribution < 1.29 is 4.74 Å². The van der Waals surface area contributed by atoms with Crippen molar-refractivity contribution in [3.63, 3.8) is 0 Å². The fraction of sp³-hybridized carbons (Fsp3) is 0.429. The molecule has 1 aliphatic heterocycles. The SMILES string of the molecule is CCn1c(=O)c(C2CCCO2)nc2ccccc21. The lowest BCUT2D eigenvalue weighted by atomic mass is 10.1. The van der Waals surface area contributed by atoms with Gasteiger partial charge in [0.05, 0.1) is 11.0 Å². The van der Waals surface area contributed by atoms with E-state index in [4.69, 9.17) is 4.74 Å². The largest absolute Gasteiger partial charge is 0.372 e. The molecule has 2 heterocycles. The number of para-hydroxylation sites is 2. The third-order valence-electron chi connectivity index (χ3n) is 3.43. The Morgan fingerprint density at radius 1 is 1.44 bits per heavy atom. The summed E-state index contributed by atoms with van der Waals surface area (Å²) in [5, 5.41) is 0. The molecule has 1 atom stereocenters. The molecule has 1 aromatic heterocycles. The Balaban J connectivity index is 2.26. The van der Waals surface area contributed by atoms with Gasteiger partial charge < -0.3 is 9.30 Å². The zero-order valence-electron chi connectivity index (χ0n) is 10.4. The van der Waals surface area contributed by atoms with Crippen molar-refractivity contribution in [3.8, 4) is 0 Å². The van der Waals surface area contributed by atoms with Crippen LogP contribution in [-0.2, 0) is 11.3 Å². The van der Waals surface area contributed by atoms with Crippen LogP contribution in [0.3, 0.4) is 0 Å². The van der Waals surface area contributed by atoms with E-state index in [2.05, 4.69) is 4.98 Å². The van der Waals surface area contributed by atoms with Crippen LogP contribution in [-0.4, -0.2) is 16.2 Å². The quantitative estimate of drug-likeness (QED) is 0.814. The van der Waals surface area contributed by atoms with E-state index in [-0.39, 0.29) is 11.7 Å². The monoisotopic (exact) mass is 244 g/mol. The number of hydrogen-bond acceptors (Lipinski definition) is 3. The standard InChI is InChI=1S/C14H16N2O2/c1-2-16-11-7-4-3-6-10(11)15-13(14(16)17)12-8-5-9-18-12/h3-4,6-7,12H,2,5,8-9H2,1H3. The minimum Gasteiger partial charge on any atom is -0.372 e. The van der Waals surface area contributed by atoms with Gasteiger partial charge in [0.25, 0.3) is 5.56 Å².